The van der Waals surface area contributed by atoms with Crippen LogP contribution in [0.1, 0.15) is 23.8 Å². The van der Waals surface area contributed by atoms with Gasteiger partial charge in [0.1, 0.15) is 11.2 Å². The molecular weight excluding hydrogens is 334 g/mol. The molecule has 5 heterocycles. The Balaban J connectivity index is 1.57. The van der Waals surface area contributed by atoms with Gasteiger partial charge in [-0.25, -0.2) is 9.67 Å². The van der Waals surface area contributed by atoms with Gasteiger partial charge in [-0.05, 0) is 37.1 Å². The van der Waals surface area contributed by atoms with Crippen LogP contribution in [0.15, 0.2) is 36.7 Å². The fourth-order valence-electron chi connectivity index (χ4n) is 3.29. The van der Waals surface area contributed by atoms with Gasteiger partial charge in [-0.2, -0.15) is 5.10 Å². The van der Waals surface area contributed by atoms with E-state index in [1.807, 2.05) is 30.1 Å². The molecule has 1 aliphatic heterocycles. The quantitative estimate of drug-likeness (QED) is 0.607. The molecule has 4 aromatic heterocycles. The van der Waals surface area contributed by atoms with Gasteiger partial charge in [0.15, 0.2) is 11.5 Å². The van der Waals surface area contributed by atoms with Crippen molar-refractivity contribution in [2.45, 2.75) is 18.9 Å². The SMILES string of the molecule is Cn1nc(-c2cccnc2)c2[nH]c(-c3ccc([C@H]4CCCO4)s3)nc21. The molecule has 0 saturated carbocycles. The summed E-state index contributed by atoms with van der Waals surface area (Å²) in [6, 6.07) is 8.20. The predicted octanol–water partition coefficient (Wildman–Crippen LogP) is 3.94. The van der Waals surface area contributed by atoms with Crippen LogP contribution in [0.4, 0.5) is 0 Å². The summed E-state index contributed by atoms with van der Waals surface area (Å²) in [5, 5.41) is 4.59. The number of thiophene rings is 1. The summed E-state index contributed by atoms with van der Waals surface area (Å²) in [6.45, 7) is 0.864. The summed E-state index contributed by atoms with van der Waals surface area (Å²) in [7, 11) is 1.92. The number of aryl methyl sites for hydroxylation is 1. The van der Waals surface area contributed by atoms with Crippen LogP contribution >= 0.6 is 11.3 Å². The highest BCUT2D eigenvalue weighted by molar-refractivity contribution is 7.15. The number of aromatic nitrogens is 5. The first-order valence-corrected chi connectivity index (χ1v) is 9.16. The Kier molecular flexibility index (Phi) is 3.43. The molecule has 0 amide bonds. The van der Waals surface area contributed by atoms with Gasteiger partial charge in [0.2, 0.25) is 0 Å². The Morgan fingerprint density at radius 2 is 2.28 bits per heavy atom. The zero-order valence-corrected chi connectivity index (χ0v) is 14.6. The molecule has 0 spiro atoms. The van der Waals surface area contributed by atoms with Gasteiger partial charge in [0.25, 0.3) is 0 Å². The minimum absolute atomic E-state index is 0.246. The number of aromatic amines is 1. The topological polar surface area (TPSA) is 68.6 Å². The van der Waals surface area contributed by atoms with E-state index in [1.54, 1.807) is 17.5 Å². The van der Waals surface area contributed by atoms with Crippen molar-refractivity contribution in [3.05, 3.63) is 41.5 Å². The van der Waals surface area contributed by atoms with Gasteiger partial charge in [-0.1, -0.05) is 0 Å². The van der Waals surface area contributed by atoms with E-state index < -0.39 is 0 Å². The van der Waals surface area contributed by atoms with Crippen molar-refractivity contribution >= 4 is 22.5 Å². The van der Waals surface area contributed by atoms with Crippen molar-refractivity contribution in [3.8, 4) is 22.0 Å². The number of hydrogen-bond acceptors (Lipinski definition) is 5. The summed E-state index contributed by atoms with van der Waals surface area (Å²) in [5.74, 6) is 0.877. The summed E-state index contributed by atoms with van der Waals surface area (Å²) in [6.07, 6.45) is 6.08. The summed E-state index contributed by atoms with van der Waals surface area (Å²) in [5.41, 5.74) is 3.65. The van der Waals surface area contributed by atoms with Crippen molar-refractivity contribution in [1.29, 1.82) is 0 Å². The smallest absolute Gasteiger partial charge is 0.177 e. The number of imidazole rings is 1. The second-order valence-electron chi connectivity index (χ2n) is 6.20. The molecule has 5 rings (SSSR count). The zero-order chi connectivity index (χ0) is 16.8. The lowest BCUT2D eigenvalue weighted by molar-refractivity contribution is 0.114. The standard InChI is InChI=1S/C18H17N5OS/c1-23-18-16(15(22-23)11-4-2-8-19-10-11)20-17(21-18)14-7-6-13(25-14)12-5-3-9-24-12/h2,4,6-8,10,12H,3,5,9H2,1H3,(H,20,21)/t12-/m1/s1. The van der Waals surface area contributed by atoms with E-state index in [-0.39, 0.29) is 6.10 Å². The van der Waals surface area contributed by atoms with Gasteiger partial charge >= 0.3 is 0 Å². The molecule has 0 unspecified atom stereocenters. The van der Waals surface area contributed by atoms with E-state index in [0.717, 1.165) is 52.6 Å². The molecule has 0 bridgehead atoms. The van der Waals surface area contributed by atoms with E-state index >= 15 is 0 Å². The van der Waals surface area contributed by atoms with Crippen LogP contribution in [0, 0.1) is 0 Å². The molecule has 25 heavy (non-hydrogen) atoms. The second kappa shape index (κ2) is 5.79. The molecule has 7 heteroatoms. The Hall–Kier alpha value is -2.51. The number of pyridine rings is 1. The third kappa shape index (κ3) is 2.47. The molecule has 0 aliphatic carbocycles. The zero-order valence-electron chi connectivity index (χ0n) is 13.8. The number of ether oxygens (including phenoxy) is 1. The number of fused-ring (bicyclic) bond motifs is 1. The summed E-state index contributed by atoms with van der Waals surface area (Å²) >= 11 is 1.75. The average molecular weight is 351 g/mol. The van der Waals surface area contributed by atoms with Crippen LogP contribution in [-0.2, 0) is 11.8 Å². The molecule has 126 valence electrons. The number of nitrogens with one attached hydrogen (secondary N) is 1. The predicted molar refractivity (Wildman–Crippen MR) is 97.3 cm³/mol. The highest BCUT2D eigenvalue weighted by Crippen LogP contribution is 2.37. The lowest BCUT2D eigenvalue weighted by atomic mass is 10.2. The Morgan fingerprint density at radius 3 is 3.08 bits per heavy atom. The molecule has 0 radical (unpaired) electrons. The number of rotatable bonds is 3. The molecular formula is C18H17N5OS. The monoisotopic (exact) mass is 351 g/mol. The lowest BCUT2D eigenvalue weighted by Crippen LogP contribution is -1.92. The van der Waals surface area contributed by atoms with Crippen LogP contribution in [0.2, 0.25) is 0 Å². The normalized spacial score (nSPS) is 17.6. The van der Waals surface area contributed by atoms with Gasteiger partial charge < -0.3 is 9.72 Å². The van der Waals surface area contributed by atoms with Crippen molar-refractivity contribution < 1.29 is 4.74 Å². The van der Waals surface area contributed by atoms with Gasteiger partial charge in [0, 0.05) is 36.5 Å². The first kappa shape index (κ1) is 14.8. The van der Waals surface area contributed by atoms with Gasteiger partial charge in [-0.3, -0.25) is 4.98 Å². The third-order valence-electron chi connectivity index (χ3n) is 4.52. The number of hydrogen-bond donors (Lipinski definition) is 1. The molecule has 0 aromatic carbocycles. The Morgan fingerprint density at radius 1 is 1.32 bits per heavy atom. The van der Waals surface area contributed by atoms with Crippen LogP contribution in [0.25, 0.3) is 33.1 Å². The van der Waals surface area contributed by atoms with E-state index in [1.165, 1.54) is 4.88 Å². The van der Waals surface area contributed by atoms with Gasteiger partial charge in [0.05, 0.1) is 11.0 Å². The fraction of sp³-hybridized carbons (Fsp3) is 0.278. The number of H-pyrrole nitrogens is 1. The highest BCUT2D eigenvalue weighted by atomic mass is 32.1. The molecule has 1 atom stereocenters. The van der Waals surface area contributed by atoms with E-state index in [4.69, 9.17) is 9.72 Å². The Labute approximate surface area is 148 Å². The molecule has 1 saturated heterocycles. The summed E-state index contributed by atoms with van der Waals surface area (Å²) in [4.78, 5) is 14.8. The van der Waals surface area contributed by atoms with Crippen LogP contribution in [0.5, 0.6) is 0 Å². The number of nitrogens with zero attached hydrogens (tertiary/aromatic N) is 4. The van der Waals surface area contributed by atoms with Crippen LogP contribution < -0.4 is 0 Å². The Bertz CT molecular complexity index is 1030. The fourth-order valence-corrected chi connectivity index (χ4v) is 4.32. The first-order chi connectivity index (χ1) is 12.3. The third-order valence-corrected chi connectivity index (χ3v) is 5.70. The van der Waals surface area contributed by atoms with E-state index in [9.17, 15) is 0 Å². The van der Waals surface area contributed by atoms with Crippen molar-refractivity contribution in [3.63, 3.8) is 0 Å². The minimum atomic E-state index is 0.246. The van der Waals surface area contributed by atoms with E-state index in [0.29, 0.717) is 0 Å². The molecule has 1 N–H and O–H groups in total. The van der Waals surface area contributed by atoms with E-state index in [2.05, 4.69) is 27.2 Å². The summed E-state index contributed by atoms with van der Waals surface area (Å²) < 4.78 is 7.60. The maximum atomic E-state index is 5.79. The van der Waals surface area contributed by atoms with Crippen LogP contribution in [0.3, 0.4) is 0 Å². The molecule has 1 aliphatic rings. The van der Waals surface area contributed by atoms with Gasteiger partial charge in [-0.15, -0.1) is 11.3 Å². The minimum Gasteiger partial charge on any atom is -0.373 e. The second-order valence-corrected chi connectivity index (χ2v) is 7.32. The maximum Gasteiger partial charge on any atom is 0.177 e. The molecule has 4 aromatic rings. The first-order valence-electron chi connectivity index (χ1n) is 8.34. The largest absolute Gasteiger partial charge is 0.373 e. The highest BCUT2D eigenvalue weighted by Gasteiger charge is 2.21. The van der Waals surface area contributed by atoms with Crippen molar-refractivity contribution in [2.75, 3.05) is 6.61 Å². The molecule has 1 fully saturated rings. The molecule has 6 nitrogen and oxygen atoms in total. The van der Waals surface area contributed by atoms with Crippen molar-refractivity contribution in [1.82, 2.24) is 24.7 Å². The van der Waals surface area contributed by atoms with Crippen molar-refractivity contribution in [2.24, 2.45) is 7.05 Å². The lowest BCUT2D eigenvalue weighted by Gasteiger charge is -2.04. The van der Waals surface area contributed by atoms with Crippen LogP contribution in [-0.4, -0.2) is 31.3 Å². The maximum absolute atomic E-state index is 5.79. The average Bonchev–Trinajstić information content (AvgIpc) is 3.41.